The molecule has 2 aliphatic rings. The first-order chi connectivity index (χ1) is 15.6. The molecule has 0 radical (unpaired) electrons. The summed E-state index contributed by atoms with van der Waals surface area (Å²) in [5.41, 5.74) is 1.65. The third-order valence-corrected chi connectivity index (χ3v) is 6.73. The average molecular weight is 453 g/mol. The van der Waals surface area contributed by atoms with Crippen LogP contribution in [0.3, 0.4) is 0 Å². The first-order valence-corrected chi connectivity index (χ1v) is 11.6. The Morgan fingerprint density at radius 3 is 2.22 bits per heavy atom. The number of amidine groups is 1. The summed E-state index contributed by atoms with van der Waals surface area (Å²) in [6.07, 6.45) is 7.41. The third kappa shape index (κ3) is 4.63. The fourth-order valence-corrected chi connectivity index (χ4v) is 5.23. The molecular weight excluding hydrogens is 424 g/mol. The predicted molar refractivity (Wildman–Crippen MR) is 129 cm³/mol. The largest absolute Gasteiger partial charge is 0.493 e. The van der Waals surface area contributed by atoms with E-state index in [9.17, 15) is 4.79 Å². The molecule has 2 aromatic carbocycles. The van der Waals surface area contributed by atoms with Crippen molar-refractivity contribution in [3.05, 3.63) is 52.9 Å². The summed E-state index contributed by atoms with van der Waals surface area (Å²) >= 11 is 1.42. The Morgan fingerprint density at radius 2 is 1.62 bits per heavy atom. The summed E-state index contributed by atoms with van der Waals surface area (Å²) in [5.74, 6) is 1.64. The maximum atomic E-state index is 13.5. The minimum Gasteiger partial charge on any atom is -0.493 e. The number of amides is 1. The normalized spacial score (nSPS) is 19.6. The molecule has 6 nitrogen and oxygen atoms in total. The lowest BCUT2D eigenvalue weighted by Crippen LogP contribution is -2.40. The number of benzene rings is 2. The zero-order valence-corrected chi connectivity index (χ0v) is 19.5. The maximum Gasteiger partial charge on any atom is 0.267 e. The van der Waals surface area contributed by atoms with Gasteiger partial charge in [0.25, 0.3) is 5.91 Å². The molecule has 0 unspecified atom stereocenters. The van der Waals surface area contributed by atoms with Gasteiger partial charge in [-0.2, -0.15) is 0 Å². The second kappa shape index (κ2) is 10.1. The van der Waals surface area contributed by atoms with Crippen molar-refractivity contribution in [2.75, 3.05) is 21.3 Å². The highest BCUT2D eigenvalue weighted by Gasteiger charge is 2.38. The molecule has 1 heterocycles. The Morgan fingerprint density at radius 1 is 0.969 bits per heavy atom. The van der Waals surface area contributed by atoms with Crippen molar-refractivity contribution in [2.24, 2.45) is 4.99 Å². The van der Waals surface area contributed by atoms with Crippen LogP contribution in [0.1, 0.15) is 37.7 Å². The first-order valence-electron chi connectivity index (χ1n) is 10.8. The van der Waals surface area contributed by atoms with Crippen LogP contribution < -0.4 is 14.2 Å². The number of carbonyl (C=O) groups is 1. The molecule has 2 fully saturated rings. The van der Waals surface area contributed by atoms with Crippen LogP contribution in [-0.4, -0.2) is 43.3 Å². The molecule has 4 rings (SSSR count). The van der Waals surface area contributed by atoms with Crippen molar-refractivity contribution in [3.8, 4) is 17.2 Å². The van der Waals surface area contributed by atoms with Crippen molar-refractivity contribution in [1.29, 1.82) is 0 Å². The van der Waals surface area contributed by atoms with Gasteiger partial charge in [-0.3, -0.25) is 9.69 Å². The Bertz CT molecular complexity index is 1000. The van der Waals surface area contributed by atoms with E-state index in [1.54, 1.807) is 21.3 Å². The molecule has 0 spiro atoms. The number of para-hydroxylation sites is 1. The molecule has 0 bridgehead atoms. The van der Waals surface area contributed by atoms with Gasteiger partial charge in [-0.15, -0.1) is 0 Å². The number of hydrogen-bond donors (Lipinski definition) is 0. The molecule has 0 atom stereocenters. The summed E-state index contributed by atoms with van der Waals surface area (Å²) in [6.45, 7) is 0. The zero-order chi connectivity index (χ0) is 22.5. The smallest absolute Gasteiger partial charge is 0.267 e. The van der Waals surface area contributed by atoms with Gasteiger partial charge in [0, 0.05) is 6.04 Å². The van der Waals surface area contributed by atoms with Gasteiger partial charge >= 0.3 is 0 Å². The molecule has 0 aromatic heterocycles. The van der Waals surface area contributed by atoms with E-state index in [1.165, 1.54) is 18.2 Å². The number of rotatable bonds is 6. The number of methoxy groups -OCH3 is 3. The zero-order valence-electron chi connectivity index (χ0n) is 18.7. The summed E-state index contributed by atoms with van der Waals surface area (Å²) in [6, 6.07) is 13.7. The topological polar surface area (TPSA) is 60.4 Å². The van der Waals surface area contributed by atoms with E-state index in [4.69, 9.17) is 19.2 Å². The Hall–Kier alpha value is -2.93. The minimum atomic E-state index is 0.00494. The molecule has 1 saturated carbocycles. The second-order valence-corrected chi connectivity index (χ2v) is 8.78. The van der Waals surface area contributed by atoms with Crippen molar-refractivity contribution in [1.82, 2.24) is 4.90 Å². The predicted octanol–water partition coefficient (Wildman–Crippen LogP) is 5.65. The van der Waals surface area contributed by atoms with Crippen LogP contribution in [0.2, 0.25) is 0 Å². The number of thioether (sulfide) groups is 1. The molecular formula is C25H28N2O4S. The van der Waals surface area contributed by atoms with Crippen LogP contribution in [0.25, 0.3) is 6.08 Å². The molecule has 1 saturated heterocycles. The fourth-order valence-electron chi connectivity index (χ4n) is 4.17. The third-order valence-electron chi connectivity index (χ3n) is 5.74. The summed E-state index contributed by atoms with van der Waals surface area (Å²) in [7, 11) is 4.74. The highest BCUT2D eigenvalue weighted by atomic mass is 32.2. The van der Waals surface area contributed by atoms with Crippen LogP contribution in [-0.2, 0) is 4.79 Å². The lowest BCUT2D eigenvalue weighted by Gasteiger charge is -2.30. The molecule has 1 aliphatic carbocycles. The Kier molecular flexibility index (Phi) is 7.05. The lowest BCUT2D eigenvalue weighted by molar-refractivity contribution is -0.124. The number of aliphatic imine (C=N–C) groups is 1. The van der Waals surface area contributed by atoms with E-state index >= 15 is 0 Å². The molecule has 0 N–H and O–H groups in total. The summed E-state index contributed by atoms with van der Waals surface area (Å²) in [5, 5.41) is 0.742. The van der Waals surface area contributed by atoms with Gasteiger partial charge in [-0.25, -0.2) is 4.99 Å². The monoisotopic (exact) mass is 452 g/mol. The van der Waals surface area contributed by atoms with E-state index in [2.05, 4.69) is 0 Å². The molecule has 7 heteroatoms. The average Bonchev–Trinajstić information content (AvgIpc) is 3.13. The summed E-state index contributed by atoms with van der Waals surface area (Å²) in [4.78, 5) is 20.9. The van der Waals surface area contributed by atoms with Crippen molar-refractivity contribution >= 4 is 34.6 Å². The molecule has 2 aromatic rings. The van der Waals surface area contributed by atoms with Crippen LogP contribution in [0.5, 0.6) is 17.2 Å². The Labute approximate surface area is 193 Å². The van der Waals surface area contributed by atoms with Crippen molar-refractivity contribution in [3.63, 3.8) is 0 Å². The van der Waals surface area contributed by atoms with E-state index in [0.717, 1.165) is 42.1 Å². The number of ether oxygens (including phenoxy) is 3. The maximum absolute atomic E-state index is 13.5. The number of nitrogens with zero attached hydrogens (tertiary/aromatic N) is 2. The summed E-state index contributed by atoms with van der Waals surface area (Å²) < 4.78 is 16.3. The molecule has 1 aliphatic heterocycles. The van der Waals surface area contributed by atoms with Gasteiger partial charge in [0.05, 0.1) is 31.9 Å². The van der Waals surface area contributed by atoms with Crippen LogP contribution in [0.15, 0.2) is 52.4 Å². The van der Waals surface area contributed by atoms with Crippen LogP contribution in [0, 0.1) is 0 Å². The van der Waals surface area contributed by atoms with E-state index < -0.39 is 0 Å². The fraction of sp³-hybridized carbons (Fsp3) is 0.360. The van der Waals surface area contributed by atoms with Crippen molar-refractivity contribution < 1.29 is 19.0 Å². The van der Waals surface area contributed by atoms with E-state index in [0.29, 0.717) is 22.2 Å². The Balaban J connectivity index is 1.73. The molecule has 1 amide bonds. The van der Waals surface area contributed by atoms with Gasteiger partial charge < -0.3 is 14.2 Å². The van der Waals surface area contributed by atoms with Gasteiger partial charge in [0.1, 0.15) is 0 Å². The second-order valence-electron chi connectivity index (χ2n) is 7.77. The van der Waals surface area contributed by atoms with Crippen LogP contribution in [0.4, 0.5) is 5.69 Å². The van der Waals surface area contributed by atoms with Gasteiger partial charge in [0.2, 0.25) is 5.75 Å². The number of carbonyl (C=O) groups excluding carboxylic acids is 1. The quantitative estimate of drug-likeness (QED) is 0.530. The SMILES string of the molecule is COc1cc(/C=C2/SC(=Nc3ccccc3)N(C3CCCCC3)C2=O)cc(OC)c1OC. The highest BCUT2D eigenvalue weighted by molar-refractivity contribution is 8.18. The number of hydrogen-bond acceptors (Lipinski definition) is 6. The van der Waals surface area contributed by atoms with Gasteiger partial charge in [-0.1, -0.05) is 37.5 Å². The standard InChI is InChI=1S/C25H28N2O4S/c1-29-20-14-17(15-21(30-2)23(20)31-3)16-22-24(28)27(19-12-8-5-9-13-19)25(32-22)26-18-10-6-4-7-11-18/h4,6-7,10-11,14-16,19H,5,8-9,12-13H2,1-3H3/b22-16+,26-25?. The molecule has 32 heavy (non-hydrogen) atoms. The van der Waals surface area contributed by atoms with Crippen LogP contribution >= 0.6 is 11.8 Å². The highest BCUT2D eigenvalue weighted by Crippen LogP contribution is 2.42. The first kappa shape index (κ1) is 22.3. The lowest BCUT2D eigenvalue weighted by atomic mass is 9.94. The van der Waals surface area contributed by atoms with E-state index in [1.807, 2.05) is 53.4 Å². The van der Waals surface area contributed by atoms with Gasteiger partial charge in [0.15, 0.2) is 16.7 Å². The van der Waals surface area contributed by atoms with Gasteiger partial charge in [-0.05, 0) is 60.5 Å². The molecule has 168 valence electrons. The van der Waals surface area contributed by atoms with Crippen molar-refractivity contribution in [2.45, 2.75) is 38.1 Å². The minimum absolute atomic E-state index is 0.00494. The van der Waals surface area contributed by atoms with E-state index in [-0.39, 0.29) is 11.9 Å².